The molecule has 3 fully saturated rings. The van der Waals surface area contributed by atoms with Crippen LogP contribution in [0.15, 0.2) is 54.6 Å². The number of aliphatic hydroxyl groups excluding tert-OH is 1. The van der Waals surface area contributed by atoms with E-state index in [4.69, 9.17) is 0 Å². The van der Waals surface area contributed by atoms with E-state index in [1.165, 1.54) is 0 Å². The third kappa shape index (κ3) is 4.91. The Hall–Kier alpha value is -3.04. The first-order chi connectivity index (χ1) is 19.6. The summed E-state index contributed by atoms with van der Waals surface area (Å²) in [5.74, 6) is -1.98. The van der Waals surface area contributed by atoms with Gasteiger partial charge in [0.15, 0.2) is 0 Å². The average molecular weight is 579 g/mol. The van der Waals surface area contributed by atoms with Crippen molar-refractivity contribution in [3.63, 3.8) is 0 Å². The van der Waals surface area contributed by atoms with Crippen molar-refractivity contribution in [1.82, 2.24) is 4.90 Å². The molecule has 3 aliphatic rings. The molecule has 8 nitrogen and oxygen atoms in total. The number of nitrogens with zero attached hydrogens (tertiary/aromatic N) is 2. The van der Waals surface area contributed by atoms with Gasteiger partial charge in [-0.15, -0.1) is 11.8 Å². The van der Waals surface area contributed by atoms with Crippen LogP contribution < -0.4 is 15.5 Å². The maximum atomic E-state index is 14.4. The van der Waals surface area contributed by atoms with Crippen molar-refractivity contribution < 1.29 is 19.5 Å². The number of hydrogen-bond donors (Lipinski definition) is 3. The van der Waals surface area contributed by atoms with E-state index in [-0.39, 0.29) is 30.2 Å². The van der Waals surface area contributed by atoms with Crippen LogP contribution >= 0.6 is 11.8 Å². The van der Waals surface area contributed by atoms with Crippen LogP contribution in [0.3, 0.4) is 0 Å². The lowest BCUT2D eigenvalue weighted by atomic mass is 9.66. The van der Waals surface area contributed by atoms with Gasteiger partial charge in [0, 0.05) is 34.9 Å². The van der Waals surface area contributed by atoms with E-state index in [9.17, 15) is 19.5 Å². The summed E-state index contributed by atoms with van der Waals surface area (Å²) in [4.78, 5) is 46.3. The molecule has 3 heterocycles. The van der Waals surface area contributed by atoms with Crippen LogP contribution in [-0.2, 0) is 14.4 Å². The molecule has 2 aromatic carbocycles. The number of benzene rings is 2. The number of likely N-dealkylation sites (tertiary alicyclic amines) is 1. The molecule has 9 heteroatoms. The van der Waals surface area contributed by atoms with Crippen molar-refractivity contribution in [2.24, 2.45) is 17.8 Å². The van der Waals surface area contributed by atoms with E-state index in [2.05, 4.69) is 36.3 Å². The number of thioether (sulfide) groups is 1. The van der Waals surface area contributed by atoms with Gasteiger partial charge >= 0.3 is 0 Å². The molecular weight excluding hydrogens is 536 g/mol. The molecule has 220 valence electrons. The van der Waals surface area contributed by atoms with Gasteiger partial charge in [0.1, 0.15) is 6.04 Å². The van der Waals surface area contributed by atoms with Gasteiger partial charge in [0.25, 0.3) is 0 Å². The molecule has 3 N–H and O–H groups in total. The SMILES string of the molecule is CCN(CC)c1ccc(NC(=O)C2N([C@@H](CO)C(C)C)C(=O)[C@@H]3[C@@H](C(=O)Nc4ccccc4)[C@@]4(C)CCC23S4)cc1. The first-order valence-corrected chi connectivity index (χ1v) is 15.6. The van der Waals surface area contributed by atoms with Gasteiger partial charge in [-0.05, 0) is 75.9 Å². The van der Waals surface area contributed by atoms with Gasteiger partial charge < -0.3 is 25.5 Å². The molecule has 41 heavy (non-hydrogen) atoms. The highest BCUT2D eigenvalue weighted by Gasteiger charge is 2.77. The van der Waals surface area contributed by atoms with Gasteiger partial charge in [-0.1, -0.05) is 32.0 Å². The quantitative estimate of drug-likeness (QED) is 0.381. The normalized spacial score (nSPS) is 29.0. The fourth-order valence-electron chi connectivity index (χ4n) is 7.34. The van der Waals surface area contributed by atoms with Crippen LogP contribution in [0.25, 0.3) is 0 Å². The summed E-state index contributed by atoms with van der Waals surface area (Å²) in [5.41, 5.74) is 2.42. The first kappa shape index (κ1) is 29.5. The molecule has 0 aromatic heterocycles. The second-order valence-electron chi connectivity index (χ2n) is 12.0. The van der Waals surface area contributed by atoms with E-state index in [1.54, 1.807) is 16.7 Å². The topological polar surface area (TPSA) is 102 Å². The lowest BCUT2D eigenvalue weighted by Crippen LogP contribution is -2.56. The zero-order valence-electron chi connectivity index (χ0n) is 24.6. The summed E-state index contributed by atoms with van der Waals surface area (Å²) in [6, 6.07) is 15.7. The molecule has 3 amide bonds. The number of aliphatic hydroxyl groups is 1. The Morgan fingerprint density at radius 2 is 1.61 bits per heavy atom. The van der Waals surface area contributed by atoms with E-state index in [0.717, 1.165) is 25.2 Å². The fraction of sp³-hybridized carbons (Fsp3) is 0.531. The molecule has 1 spiro atoms. The maximum absolute atomic E-state index is 14.4. The molecule has 0 saturated carbocycles. The Balaban J connectivity index is 1.50. The monoisotopic (exact) mass is 578 g/mol. The van der Waals surface area contributed by atoms with E-state index < -0.39 is 33.4 Å². The number of rotatable bonds is 10. The van der Waals surface area contributed by atoms with Gasteiger partial charge in [0.2, 0.25) is 17.7 Å². The number of anilines is 3. The molecule has 2 bridgehead atoms. The van der Waals surface area contributed by atoms with Crippen LogP contribution in [-0.4, -0.2) is 69.0 Å². The average Bonchev–Trinajstić information content (AvgIpc) is 3.52. The fourth-order valence-corrected chi connectivity index (χ4v) is 9.68. The van der Waals surface area contributed by atoms with Crippen LogP contribution in [0.5, 0.6) is 0 Å². The number of carbonyl (C=O) groups is 3. The van der Waals surface area contributed by atoms with Crippen molar-refractivity contribution in [3.8, 4) is 0 Å². The predicted octanol–water partition coefficient (Wildman–Crippen LogP) is 4.61. The minimum Gasteiger partial charge on any atom is -0.394 e. The Labute approximate surface area is 247 Å². The number of amides is 3. The number of para-hydroxylation sites is 1. The van der Waals surface area contributed by atoms with E-state index in [0.29, 0.717) is 17.8 Å². The molecule has 0 radical (unpaired) electrons. The van der Waals surface area contributed by atoms with Crippen molar-refractivity contribution in [3.05, 3.63) is 54.6 Å². The largest absolute Gasteiger partial charge is 0.394 e. The Morgan fingerprint density at radius 3 is 2.20 bits per heavy atom. The minimum absolute atomic E-state index is 0.0720. The number of carbonyl (C=O) groups excluding carboxylic acids is 3. The standard InChI is InChI=1S/C32H42N4O4S/c1-6-35(7-2)23-15-13-22(14-16-23)34-29(39)27-32-18-17-31(5,41-32)25(28(38)33-21-11-9-8-10-12-21)26(32)30(40)36(27)24(19-37)20(3)4/h8-16,20,24-27,37H,6-7,17-19H2,1-5H3,(H,33,38)(H,34,39)/t24-,25-,26-,27?,31+,32?/m0/s1. The zero-order chi connectivity index (χ0) is 29.5. The van der Waals surface area contributed by atoms with Gasteiger partial charge in [-0.3, -0.25) is 14.4 Å². The van der Waals surface area contributed by atoms with Gasteiger partial charge in [-0.2, -0.15) is 0 Å². The van der Waals surface area contributed by atoms with Crippen LogP contribution in [0, 0.1) is 17.8 Å². The number of fused-ring (bicyclic) bond motifs is 1. The summed E-state index contributed by atoms with van der Waals surface area (Å²) in [5, 5.41) is 16.6. The van der Waals surface area contributed by atoms with Crippen molar-refractivity contribution in [1.29, 1.82) is 0 Å². The van der Waals surface area contributed by atoms with E-state index in [1.807, 2.05) is 68.4 Å². The highest BCUT2D eigenvalue weighted by Crippen LogP contribution is 2.71. The first-order valence-electron chi connectivity index (χ1n) is 14.7. The Kier molecular flexibility index (Phi) is 8.14. The molecule has 5 rings (SSSR count). The summed E-state index contributed by atoms with van der Waals surface area (Å²) in [7, 11) is 0. The lowest BCUT2D eigenvalue weighted by Gasteiger charge is -2.38. The number of hydrogen-bond acceptors (Lipinski definition) is 6. The summed E-state index contributed by atoms with van der Waals surface area (Å²) < 4.78 is -1.22. The summed E-state index contributed by atoms with van der Waals surface area (Å²) >= 11 is 1.63. The maximum Gasteiger partial charge on any atom is 0.248 e. The second-order valence-corrected chi connectivity index (χ2v) is 13.9. The number of nitrogens with one attached hydrogen (secondary N) is 2. The highest BCUT2D eigenvalue weighted by atomic mass is 32.2. The zero-order valence-corrected chi connectivity index (χ0v) is 25.4. The van der Waals surface area contributed by atoms with Crippen molar-refractivity contribution >= 4 is 46.5 Å². The highest BCUT2D eigenvalue weighted by molar-refractivity contribution is 8.02. The Bertz CT molecular complexity index is 1280. The summed E-state index contributed by atoms with van der Waals surface area (Å²) in [6.45, 7) is 11.7. The lowest BCUT2D eigenvalue weighted by molar-refractivity contribution is -0.142. The van der Waals surface area contributed by atoms with Crippen molar-refractivity contribution in [2.45, 2.75) is 69.0 Å². The molecule has 2 aromatic rings. The van der Waals surface area contributed by atoms with Gasteiger partial charge in [0.05, 0.1) is 29.2 Å². The third-order valence-corrected chi connectivity index (χ3v) is 11.3. The molecule has 3 saturated heterocycles. The summed E-state index contributed by atoms with van der Waals surface area (Å²) in [6.07, 6.45) is 1.39. The van der Waals surface area contributed by atoms with Crippen LogP contribution in [0.2, 0.25) is 0 Å². The molecule has 6 atom stereocenters. The van der Waals surface area contributed by atoms with Crippen LogP contribution in [0.1, 0.15) is 47.5 Å². The van der Waals surface area contributed by atoms with E-state index >= 15 is 0 Å². The molecule has 2 unspecified atom stereocenters. The Morgan fingerprint density at radius 1 is 1.00 bits per heavy atom. The smallest absolute Gasteiger partial charge is 0.248 e. The minimum atomic E-state index is -0.802. The molecule has 3 aliphatic heterocycles. The van der Waals surface area contributed by atoms with Crippen LogP contribution in [0.4, 0.5) is 17.1 Å². The molecule has 0 aliphatic carbocycles. The van der Waals surface area contributed by atoms with Crippen molar-refractivity contribution in [2.75, 3.05) is 35.2 Å². The third-order valence-electron chi connectivity index (χ3n) is 9.36. The van der Waals surface area contributed by atoms with Gasteiger partial charge in [-0.25, -0.2) is 0 Å². The second kappa shape index (κ2) is 11.3. The predicted molar refractivity (Wildman–Crippen MR) is 165 cm³/mol. The molecular formula is C32H42N4O4S.